The standard InChI is InChI=1S/C24H22N4O2S.H2/c1-15(2)31(29,30)19-8-6-16(7-9-19)21-14-26-24-23(27-21)20(13-25-24)18-5-4-17-10-11-28(3)22(17)12-18;/h4-15H,1-3H3,(H,25,26);1H. The summed E-state index contributed by atoms with van der Waals surface area (Å²) in [6.45, 7) is 3.37. The van der Waals surface area contributed by atoms with Crippen LogP contribution in [0.15, 0.2) is 72.0 Å². The van der Waals surface area contributed by atoms with Gasteiger partial charge in [-0.3, -0.25) is 0 Å². The minimum absolute atomic E-state index is 0. The Morgan fingerprint density at radius 3 is 2.52 bits per heavy atom. The first-order valence-corrected chi connectivity index (χ1v) is 11.6. The van der Waals surface area contributed by atoms with Crippen molar-refractivity contribution in [1.82, 2.24) is 19.5 Å². The molecule has 0 aliphatic carbocycles. The minimum Gasteiger partial charge on any atom is -0.351 e. The van der Waals surface area contributed by atoms with E-state index in [9.17, 15) is 8.42 Å². The number of benzene rings is 2. The van der Waals surface area contributed by atoms with Crippen molar-refractivity contribution in [3.63, 3.8) is 0 Å². The van der Waals surface area contributed by atoms with Gasteiger partial charge < -0.3 is 9.55 Å². The second-order valence-corrected chi connectivity index (χ2v) is 10.5. The van der Waals surface area contributed by atoms with Crippen molar-refractivity contribution in [3.05, 3.63) is 67.1 Å². The molecule has 0 unspecified atom stereocenters. The van der Waals surface area contributed by atoms with Gasteiger partial charge in [-0.25, -0.2) is 18.4 Å². The Balaban J connectivity index is 0.00000245. The van der Waals surface area contributed by atoms with E-state index in [4.69, 9.17) is 4.98 Å². The van der Waals surface area contributed by atoms with E-state index in [1.807, 2.05) is 19.4 Å². The summed E-state index contributed by atoms with van der Waals surface area (Å²) in [5.74, 6) is 0. The summed E-state index contributed by atoms with van der Waals surface area (Å²) in [6, 6.07) is 15.3. The summed E-state index contributed by atoms with van der Waals surface area (Å²) >= 11 is 0. The van der Waals surface area contributed by atoms with Gasteiger partial charge in [-0.1, -0.05) is 24.3 Å². The Labute approximate surface area is 182 Å². The van der Waals surface area contributed by atoms with Crippen molar-refractivity contribution in [1.29, 1.82) is 0 Å². The van der Waals surface area contributed by atoms with E-state index < -0.39 is 15.1 Å². The van der Waals surface area contributed by atoms with E-state index >= 15 is 0 Å². The average molecular weight is 433 g/mol. The van der Waals surface area contributed by atoms with Gasteiger partial charge in [0.1, 0.15) is 5.52 Å². The number of hydrogen-bond donors (Lipinski definition) is 1. The minimum atomic E-state index is -3.30. The quantitative estimate of drug-likeness (QED) is 0.423. The highest BCUT2D eigenvalue weighted by Gasteiger charge is 2.19. The first-order chi connectivity index (χ1) is 14.8. The van der Waals surface area contributed by atoms with Crippen LogP contribution < -0.4 is 0 Å². The van der Waals surface area contributed by atoms with Crippen LogP contribution in [0.1, 0.15) is 15.3 Å². The molecule has 0 aliphatic rings. The second kappa shape index (κ2) is 7.06. The number of aromatic amines is 1. The summed E-state index contributed by atoms with van der Waals surface area (Å²) < 4.78 is 26.9. The highest BCUT2D eigenvalue weighted by molar-refractivity contribution is 7.92. The van der Waals surface area contributed by atoms with E-state index in [0.29, 0.717) is 16.2 Å². The van der Waals surface area contributed by atoms with Crippen LogP contribution in [0.25, 0.3) is 44.5 Å². The van der Waals surface area contributed by atoms with Crippen molar-refractivity contribution >= 4 is 31.9 Å². The molecule has 5 rings (SSSR count). The molecule has 3 aromatic heterocycles. The molecule has 0 saturated carbocycles. The molecule has 0 amide bonds. The van der Waals surface area contributed by atoms with Gasteiger partial charge in [0.2, 0.25) is 0 Å². The van der Waals surface area contributed by atoms with E-state index in [0.717, 1.165) is 27.7 Å². The maximum absolute atomic E-state index is 12.4. The monoisotopic (exact) mass is 432 g/mol. The number of aryl methyl sites for hydroxylation is 1. The lowest BCUT2D eigenvalue weighted by Crippen LogP contribution is -2.13. The molecule has 3 heterocycles. The van der Waals surface area contributed by atoms with Crippen LogP contribution in [0.5, 0.6) is 0 Å². The second-order valence-electron chi connectivity index (χ2n) is 7.97. The van der Waals surface area contributed by atoms with Gasteiger partial charge in [0.05, 0.1) is 22.0 Å². The Kier molecular flexibility index (Phi) is 4.44. The van der Waals surface area contributed by atoms with E-state index in [1.54, 1.807) is 44.3 Å². The first-order valence-electron chi connectivity index (χ1n) is 10.1. The fourth-order valence-electron chi connectivity index (χ4n) is 3.77. The molecular weight excluding hydrogens is 408 g/mol. The molecule has 0 saturated heterocycles. The van der Waals surface area contributed by atoms with Gasteiger partial charge in [0.15, 0.2) is 15.5 Å². The number of H-pyrrole nitrogens is 1. The number of nitrogens with one attached hydrogen (secondary N) is 1. The van der Waals surface area contributed by atoms with Crippen molar-refractivity contribution < 1.29 is 9.84 Å². The molecule has 31 heavy (non-hydrogen) atoms. The van der Waals surface area contributed by atoms with Crippen LogP contribution in [0.4, 0.5) is 0 Å². The maximum atomic E-state index is 12.4. The Bertz CT molecular complexity index is 1530. The van der Waals surface area contributed by atoms with Gasteiger partial charge in [0, 0.05) is 37.5 Å². The topological polar surface area (TPSA) is 80.6 Å². The molecule has 0 radical (unpaired) electrons. The predicted octanol–water partition coefficient (Wildman–Crippen LogP) is 5.21. The van der Waals surface area contributed by atoms with Crippen LogP contribution in [0.2, 0.25) is 0 Å². The van der Waals surface area contributed by atoms with Crippen molar-refractivity contribution in [3.8, 4) is 22.4 Å². The molecule has 7 heteroatoms. The third-order valence-electron chi connectivity index (χ3n) is 5.68. The van der Waals surface area contributed by atoms with Crippen molar-refractivity contribution in [2.24, 2.45) is 7.05 Å². The molecule has 0 spiro atoms. The molecule has 0 bridgehead atoms. The lowest BCUT2D eigenvalue weighted by molar-refractivity contribution is 0.587. The summed E-state index contributed by atoms with van der Waals surface area (Å²) in [7, 11) is -1.27. The highest BCUT2D eigenvalue weighted by Crippen LogP contribution is 2.31. The molecule has 6 nitrogen and oxygen atoms in total. The van der Waals surface area contributed by atoms with Crippen LogP contribution in [-0.4, -0.2) is 33.2 Å². The van der Waals surface area contributed by atoms with Crippen molar-refractivity contribution in [2.75, 3.05) is 0 Å². The summed E-state index contributed by atoms with van der Waals surface area (Å²) in [5.41, 5.74) is 6.20. The van der Waals surface area contributed by atoms with Crippen LogP contribution in [0, 0.1) is 0 Å². The zero-order valence-electron chi connectivity index (χ0n) is 17.5. The zero-order valence-corrected chi connectivity index (χ0v) is 18.3. The van der Waals surface area contributed by atoms with Gasteiger partial charge in [-0.05, 0) is 49.1 Å². The molecule has 158 valence electrons. The number of hydrogen-bond acceptors (Lipinski definition) is 4. The van der Waals surface area contributed by atoms with Crippen LogP contribution in [0.3, 0.4) is 0 Å². The van der Waals surface area contributed by atoms with Gasteiger partial charge in [0.25, 0.3) is 0 Å². The molecule has 0 atom stereocenters. The Morgan fingerprint density at radius 2 is 1.77 bits per heavy atom. The average Bonchev–Trinajstić information content (AvgIpc) is 3.36. The van der Waals surface area contributed by atoms with Gasteiger partial charge in [-0.15, -0.1) is 0 Å². The van der Waals surface area contributed by atoms with E-state index in [2.05, 4.69) is 38.8 Å². The Hall–Kier alpha value is -3.45. The molecule has 1 N–H and O–H groups in total. The van der Waals surface area contributed by atoms with Gasteiger partial charge in [-0.2, -0.15) is 0 Å². The van der Waals surface area contributed by atoms with E-state index in [-0.39, 0.29) is 1.43 Å². The fourth-order valence-corrected chi connectivity index (χ4v) is 4.83. The summed E-state index contributed by atoms with van der Waals surface area (Å²) in [4.78, 5) is 12.9. The summed E-state index contributed by atoms with van der Waals surface area (Å²) in [5, 5.41) is 0.729. The molecule has 5 aromatic rings. The predicted molar refractivity (Wildman–Crippen MR) is 126 cm³/mol. The normalized spacial score (nSPS) is 12.3. The number of nitrogens with zero attached hydrogens (tertiary/aromatic N) is 3. The molecule has 0 aliphatic heterocycles. The third kappa shape index (κ3) is 3.21. The van der Waals surface area contributed by atoms with E-state index in [1.165, 1.54) is 5.39 Å². The van der Waals surface area contributed by atoms with Gasteiger partial charge >= 0.3 is 0 Å². The number of sulfone groups is 1. The number of aromatic nitrogens is 4. The lowest BCUT2D eigenvalue weighted by Gasteiger charge is -2.08. The SMILES string of the molecule is CC(C)S(=O)(=O)c1ccc(-c2cnc3[nH]cc(-c4ccc5ccn(C)c5c4)c3n2)cc1.[HH]. The molecule has 2 aromatic carbocycles. The largest absolute Gasteiger partial charge is 0.351 e. The smallest absolute Gasteiger partial charge is 0.180 e. The molecule has 0 fully saturated rings. The van der Waals surface area contributed by atoms with Crippen molar-refractivity contribution in [2.45, 2.75) is 24.0 Å². The van der Waals surface area contributed by atoms with Crippen LogP contribution >= 0.6 is 0 Å². The lowest BCUT2D eigenvalue weighted by atomic mass is 10.1. The maximum Gasteiger partial charge on any atom is 0.180 e. The first kappa shape index (κ1) is 19.5. The molecular formula is C24H24N4O2S. The fraction of sp³-hybridized carbons (Fsp3) is 0.167. The number of rotatable bonds is 4. The highest BCUT2D eigenvalue weighted by atomic mass is 32.2. The third-order valence-corrected chi connectivity index (χ3v) is 7.85. The number of fused-ring (bicyclic) bond motifs is 2. The van der Waals surface area contributed by atoms with Crippen LogP contribution in [-0.2, 0) is 16.9 Å². The summed E-state index contributed by atoms with van der Waals surface area (Å²) in [6.07, 6.45) is 5.68. The Morgan fingerprint density at radius 1 is 1.03 bits per heavy atom. The zero-order chi connectivity index (χ0) is 21.8.